The quantitative estimate of drug-likeness (QED) is 0.151. The third-order valence-electron chi connectivity index (χ3n) is 11.7. The Kier molecular flexibility index (Phi) is 8.43. The first-order valence-electron chi connectivity index (χ1n) is 20.5. The van der Waals surface area contributed by atoms with Crippen LogP contribution in [0.15, 0.2) is 194 Å². The van der Waals surface area contributed by atoms with Crippen molar-refractivity contribution in [2.75, 3.05) is 0 Å². The van der Waals surface area contributed by atoms with Crippen LogP contribution in [0.2, 0.25) is 19.6 Å². The Morgan fingerprint density at radius 3 is 1.43 bits per heavy atom. The fraction of sp³-hybridized carbons (Fsp3) is 0.0556. The Labute approximate surface area is 349 Å². The molecule has 0 aliphatic rings. The van der Waals surface area contributed by atoms with E-state index in [1.807, 2.05) is 60.7 Å². The second-order valence-corrected chi connectivity index (χ2v) is 21.6. The van der Waals surface area contributed by atoms with Crippen LogP contribution in [0.25, 0.3) is 100 Å². The maximum atomic E-state index is 5.03. The number of hydrogen-bond donors (Lipinski definition) is 0. The highest BCUT2D eigenvalue weighted by Crippen LogP contribution is 2.39. The molecule has 0 radical (unpaired) electrons. The van der Waals surface area contributed by atoms with E-state index in [1.165, 1.54) is 54.6 Å². The fourth-order valence-electron chi connectivity index (χ4n) is 8.69. The van der Waals surface area contributed by atoms with Gasteiger partial charge in [-0.15, -0.1) is 0 Å². The summed E-state index contributed by atoms with van der Waals surface area (Å²) < 4.78 is 4.79. The van der Waals surface area contributed by atoms with Crippen molar-refractivity contribution in [2.24, 2.45) is 0 Å². The molecule has 286 valence electrons. The van der Waals surface area contributed by atoms with E-state index in [1.54, 1.807) is 0 Å². The van der Waals surface area contributed by atoms with Gasteiger partial charge in [-0.2, -0.15) is 0 Å². The molecular formula is C54H41N5Si. The minimum atomic E-state index is -1.43. The van der Waals surface area contributed by atoms with Crippen molar-refractivity contribution < 1.29 is 0 Å². The van der Waals surface area contributed by atoms with E-state index < -0.39 is 8.07 Å². The van der Waals surface area contributed by atoms with Crippen LogP contribution in [0.1, 0.15) is 0 Å². The molecule has 0 spiro atoms. The topological polar surface area (TPSA) is 48.5 Å². The van der Waals surface area contributed by atoms with Crippen molar-refractivity contribution in [3.05, 3.63) is 194 Å². The molecule has 0 atom stereocenters. The van der Waals surface area contributed by atoms with Crippen molar-refractivity contribution in [3.8, 4) is 56.7 Å². The number of fused-ring (bicyclic) bond motifs is 6. The predicted octanol–water partition coefficient (Wildman–Crippen LogP) is 13.3. The zero-order valence-electron chi connectivity index (χ0n) is 33.7. The Morgan fingerprint density at radius 2 is 0.800 bits per heavy atom. The maximum absolute atomic E-state index is 5.03. The summed E-state index contributed by atoms with van der Waals surface area (Å²) in [5.41, 5.74) is 12.1. The molecule has 11 rings (SSSR count). The van der Waals surface area contributed by atoms with Crippen LogP contribution < -0.4 is 5.19 Å². The predicted molar refractivity (Wildman–Crippen MR) is 253 cm³/mol. The molecule has 60 heavy (non-hydrogen) atoms. The van der Waals surface area contributed by atoms with Gasteiger partial charge in [0, 0.05) is 49.6 Å². The molecule has 3 aromatic heterocycles. The van der Waals surface area contributed by atoms with Crippen LogP contribution in [0.3, 0.4) is 0 Å². The van der Waals surface area contributed by atoms with Gasteiger partial charge in [-0.25, -0.2) is 15.0 Å². The van der Waals surface area contributed by atoms with E-state index in [-0.39, 0.29) is 0 Å². The number of hydrogen-bond acceptors (Lipinski definition) is 3. The molecule has 0 unspecified atom stereocenters. The lowest BCUT2D eigenvalue weighted by atomic mass is 10.0. The van der Waals surface area contributed by atoms with Crippen LogP contribution in [0.4, 0.5) is 0 Å². The minimum absolute atomic E-state index is 0.632. The summed E-state index contributed by atoms with van der Waals surface area (Å²) in [6, 6.07) is 69.4. The molecule has 3 heterocycles. The number of rotatable bonds is 7. The summed E-state index contributed by atoms with van der Waals surface area (Å²) in [4.78, 5) is 15.0. The highest BCUT2D eigenvalue weighted by Gasteiger charge is 2.19. The molecule has 0 N–H and O–H groups in total. The highest BCUT2D eigenvalue weighted by atomic mass is 28.3. The van der Waals surface area contributed by atoms with Crippen molar-refractivity contribution >= 4 is 56.9 Å². The molecule has 6 heteroatoms. The molecule has 0 bridgehead atoms. The van der Waals surface area contributed by atoms with E-state index in [4.69, 9.17) is 15.0 Å². The zero-order valence-corrected chi connectivity index (χ0v) is 34.7. The van der Waals surface area contributed by atoms with Gasteiger partial charge in [0.1, 0.15) is 0 Å². The van der Waals surface area contributed by atoms with Crippen molar-refractivity contribution in [1.29, 1.82) is 0 Å². The van der Waals surface area contributed by atoms with Crippen LogP contribution in [-0.4, -0.2) is 32.2 Å². The second-order valence-electron chi connectivity index (χ2n) is 16.6. The first-order valence-corrected chi connectivity index (χ1v) is 24.0. The van der Waals surface area contributed by atoms with Crippen molar-refractivity contribution in [1.82, 2.24) is 24.1 Å². The van der Waals surface area contributed by atoms with E-state index >= 15 is 0 Å². The van der Waals surface area contributed by atoms with Gasteiger partial charge in [-0.3, -0.25) is 0 Å². The van der Waals surface area contributed by atoms with Crippen molar-refractivity contribution in [2.45, 2.75) is 19.6 Å². The summed E-state index contributed by atoms with van der Waals surface area (Å²) in [6.07, 6.45) is 0. The zero-order chi connectivity index (χ0) is 40.4. The van der Waals surface area contributed by atoms with Gasteiger partial charge in [0.25, 0.3) is 0 Å². The van der Waals surface area contributed by atoms with Gasteiger partial charge in [-0.1, -0.05) is 164 Å². The number of aromatic nitrogens is 5. The van der Waals surface area contributed by atoms with Gasteiger partial charge in [0.15, 0.2) is 17.5 Å². The van der Waals surface area contributed by atoms with E-state index in [0.29, 0.717) is 17.5 Å². The molecule has 8 aromatic carbocycles. The largest absolute Gasteiger partial charge is 0.309 e. The summed E-state index contributed by atoms with van der Waals surface area (Å²) in [5, 5.41) is 6.39. The van der Waals surface area contributed by atoms with E-state index in [9.17, 15) is 0 Å². The first kappa shape index (κ1) is 35.7. The lowest BCUT2D eigenvalue weighted by Gasteiger charge is -2.17. The summed E-state index contributed by atoms with van der Waals surface area (Å²) in [7, 11) is -1.43. The summed E-state index contributed by atoms with van der Waals surface area (Å²) in [5.74, 6) is 1.92. The standard InChI is InChI=1S/C54H41N5Si/c1-60(2,3)43-29-27-41(28-30-43)58-48-23-12-10-21-44(48)46-31-25-39(35-51(46)58)38-26-32-50-47(34-38)45-22-11-13-24-49(45)59(50)42-20-14-19-40(33-42)54-56-52(36-15-6-4-7-16-36)55-53(57-54)37-17-8-5-9-18-37/h4-35H,1-3H3. The minimum Gasteiger partial charge on any atom is -0.309 e. The summed E-state index contributed by atoms with van der Waals surface area (Å²) in [6.45, 7) is 7.21. The van der Waals surface area contributed by atoms with Gasteiger partial charge in [0.05, 0.1) is 30.1 Å². The SMILES string of the molecule is C[Si](C)(C)c1ccc(-n2c3ccccc3c3ccc(-c4ccc5c(c4)c4ccccc4n5-c4cccc(-c5nc(-c6ccccc6)nc(-c6ccccc6)n5)c4)cc32)cc1. The second kappa shape index (κ2) is 14.2. The molecule has 0 saturated carbocycles. The molecule has 5 nitrogen and oxygen atoms in total. The van der Waals surface area contributed by atoms with Crippen LogP contribution >= 0.6 is 0 Å². The Morgan fingerprint density at radius 1 is 0.317 bits per heavy atom. The Hall–Kier alpha value is -7.41. The normalized spacial score (nSPS) is 11.9. The maximum Gasteiger partial charge on any atom is 0.164 e. The van der Waals surface area contributed by atoms with E-state index in [2.05, 4.69) is 162 Å². The fourth-order valence-corrected chi connectivity index (χ4v) is 9.86. The lowest BCUT2D eigenvalue weighted by Crippen LogP contribution is -2.37. The van der Waals surface area contributed by atoms with Crippen LogP contribution in [-0.2, 0) is 0 Å². The molecule has 0 aliphatic carbocycles. The van der Waals surface area contributed by atoms with Gasteiger partial charge >= 0.3 is 0 Å². The molecule has 11 aromatic rings. The average molecular weight is 788 g/mol. The number of benzene rings is 8. The lowest BCUT2D eigenvalue weighted by molar-refractivity contribution is 1.07. The molecule has 0 saturated heterocycles. The Balaban J connectivity index is 1.04. The third kappa shape index (κ3) is 6.12. The highest BCUT2D eigenvalue weighted by molar-refractivity contribution is 6.88. The molecule has 0 amide bonds. The first-order chi connectivity index (χ1) is 29.4. The molecule has 0 fully saturated rings. The van der Waals surface area contributed by atoms with Gasteiger partial charge in [0.2, 0.25) is 0 Å². The number of nitrogens with zero attached hydrogens (tertiary/aromatic N) is 5. The van der Waals surface area contributed by atoms with Crippen LogP contribution in [0, 0.1) is 0 Å². The average Bonchev–Trinajstić information content (AvgIpc) is 3.81. The van der Waals surface area contributed by atoms with Gasteiger partial charge < -0.3 is 9.13 Å². The third-order valence-corrected chi connectivity index (χ3v) is 13.8. The van der Waals surface area contributed by atoms with E-state index in [0.717, 1.165) is 33.4 Å². The molecular weight excluding hydrogens is 747 g/mol. The Bertz CT molecular complexity index is 3340. The molecule has 0 aliphatic heterocycles. The van der Waals surface area contributed by atoms with Crippen molar-refractivity contribution in [3.63, 3.8) is 0 Å². The van der Waals surface area contributed by atoms with Crippen LogP contribution in [0.5, 0.6) is 0 Å². The smallest absolute Gasteiger partial charge is 0.164 e. The number of para-hydroxylation sites is 2. The monoisotopic (exact) mass is 787 g/mol. The van der Waals surface area contributed by atoms with Gasteiger partial charge in [-0.05, 0) is 65.7 Å². The summed E-state index contributed by atoms with van der Waals surface area (Å²) >= 11 is 0.